The van der Waals surface area contributed by atoms with Gasteiger partial charge in [-0.05, 0) is 71.6 Å². The Bertz CT molecular complexity index is 1270. The number of amides is 1. The third kappa shape index (κ3) is 4.19. The standard InChI is InChI=1S/C25H23ClN6O/c1-15-13-23(27-21-10-8-20(26)9-11-21)22-14-19(7-12-24(22)32(15)16(2)33)17-3-5-18(6-4-17)25-28-30-31-29-25/h3-12,14-15,23,27H,13H2,1-2H3,(H,28,29,30,31). The van der Waals surface area contributed by atoms with Crippen molar-refractivity contribution in [3.8, 4) is 22.5 Å². The number of rotatable bonds is 4. The van der Waals surface area contributed by atoms with E-state index in [0.29, 0.717) is 10.8 Å². The van der Waals surface area contributed by atoms with Crippen LogP contribution in [0.3, 0.4) is 0 Å². The molecule has 1 aliphatic rings. The monoisotopic (exact) mass is 458 g/mol. The fourth-order valence-corrected chi connectivity index (χ4v) is 4.63. The maximum absolute atomic E-state index is 12.5. The predicted octanol–water partition coefficient (Wildman–Crippen LogP) is 5.49. The number of H-pyrrole nitrogens is 1. The first-order valence-electron chi connectivity index (χ1n) is 10.8. The molecular weight excluding hydrogens is 436 g/mol. The summed E-state index contributed by atoms with van der Waals surface area (Å²) in [5, 5.41) is 18.5. The molecule has 4 aromatic rings. The first-order valence-corrected chi connectivity index (χ1v) is 11.2. The van der Waals surface area contributed by atoms with Gasteiger partial charge < -0.3 is 10.2 Å². The molecule has 1 aromatic heterocycles. The maximum Gasteiger partial charge on any atom is 0.224 e. The van der Waals surface area contributed by atoms with Crippen molar-refractivity contribution >= 4 is 28.9 Å². The maximum atomic E-state index is 12.5. The number of tetrazole rings is 1. The molecule has 2 N–H and O–H groups in total. The highest BCUT2D eigenvalue weighted by molar-refractivity contribution is 6.30. The highest BCUT2D eigenvalue weighted by atomic mass is 35.5. The molecule has 2 atom stereocenters. The van der Waals surface area contributed by atoms with Gasteiger partial charge in [-0.3, -0.25) is 4.79 Å². The van der Waals surface area contributed by atoms with Crippen LogP contribution in [0.1, 0.15) is 31.9 Å². The van der Waals surface area contributed by atoms with E-state index < -0.39 is 0 Å². The fraction of sp³-hybridized carbons (Fsp3) is 0.200. The Balaban J connectivity index is 1.52. The number of aromatic nitrogens is 4. The van der Waals surface area contributed by atoms with E-state index in [9.17, 15) is 4.79 Å². The Morgan fingerprint density at radius 2 is 1.73 bits per heavy atom. The van der Waals surface area contributed by atoms with Gasteiger partial charge in [0, 0.05) is 34.9 Å². The lowest BCUT2D eigenvalue weighted by atomic mass is 9.88. The molecule has 5 rings (SSSR count). The second-order valence-corrected chi connectivity index (χ2v) is 8.70. The molecule has 0 saturated heterocycles. The minimum Gasteiger partial charge on any atom is -0.378 e. The van der Waals surface area contributed by atoms with Gasteiger partial charge in [0.15, 0.2) is 0 Å². The van der Waals surface area contributed by atoms with Gasteiger partial charge in [0.05, 0.1) is 6.04 Å². The number of hydrogen-bond acceptors (Lipinski definition) is 5. The number of nitrogens with one attached hydrogen (secondary N) is 2. The molecule has 0 bridgehead atoms. The third-order valence-corrected chi connectivity index (χ3v) is 6.28. The van der Waals surface area contributed by atoms with Crippen molar-refractivity contribution < 1.29 is 4.79 Å². The molecule has 7 nitrogen and oxygen atoms in total. The lowest BCUT2D eigenvalue weighted by Crippen LogP contribution is -2.43. The molecular formula is C25H23ClN6O. The molecule has 2 heterocycles. The highest BCUT2D eigenvalue weighted by Crippen LogP contribution is 2.41. The number of halogens is 1. The van der Waals surface area contributed by atoms with Crippen LogP contribution >= 0.6 is 11.6 Å². The zero-order valence-corrected chi connectivity index (χ0v) is 19.0. The van der Waals surface area contributed by atoms with Crippen molar-refractivity contribution in [2.24, 2.45) is 0 Å². The zero-order valence-electron chi connectivity index (χ0n) is 18.3. The van der Waals surface area contributed by atoms with Gasteiger partial charge in [0.2, 0.25) is 11.7 Å². The smallest absolute Gasteiger partial charge is 0.224 e. The van der Waals surface area contributed by atoms with Crippen molar-refractivity contribution in [3.63, 3.8) is 0 Å². The molecule has 0 fully saturated rings. The van der Waals surface area contributed by atoms with E-state index in [-0.39, 0.29) is 18.0 Å². The topological polar surface area (TPSA) is 86.8 Å². The number of fused-ring (bicyclic) bond motifs is 1. The molecule has 0 saturated carbocycles. The average Bonchev–Trinajstić information content (AvgIpc) is 3.35. The Morgan fingerprint density at radius 3 is 2.39 bits per heavy atom. The number of hydrogen-bond donors (Lipinski definition) is 2. The van der Waals surface area contributed by atoms with Crippen molar-refractivity contribution in [1.29, 1.82) is 0 Å². The van der Waals surface area contributed by atoms with Gasteiger partial charge in [-0.1, -0.05) is 41.9 Å². The minimum absolute atomic E-state index is 0.0471. The first kappa shape index (κ1) is 21.2. The molecule has 0 spiro atoms. The van der Waals surface area contributed by atoms with Crippen molar-refractivity contribution in [2.75, 3.05) is 10.2 Å². The van der Waals surface area contributed by atoms with Crippen LogP contribution in [0.15, 0.2) is 66.7 Å². The third-order valence-electron chi connectivity index (χ3n) is 6.03. The molecule has 2 unspecified atom stereocenters. The lowest BCUT2D eigenvalue weighted by Gasteiger charge is -2.39. The van der Waals surface area contributed by atoms with Crippen LogP contribution in [0.25, 0.3) is 22.5 Å². The van der Waals surface area contributed by atoms with Crippen LogP contribution in [0.2, 0.25) is 5.02 Å². The molecule has 3 aromatic carbocycles. The second kappa shape index (κ2) is 8.67. The highest BCUT2D eigenvalue weighted by Gasteiger charge is 2.32. The molecule has 166 valence electrons. The molecule has 0 aliphatic carbocycles. The normalized spacial score (nSPS) is 17.5. The summed E-state index contributed by atoms with van der Waals surface area (Å²) in [6.07, 6.45) is 0.801. The molecule has 33 heavy (non-hydrogen) atoms. The molecule has 8 heteroatoms. The van der Waals surface area contributed by atoms with Crippen LogP contribution in [-0.4, -0.2) is 32.6 Å². The molecule has 1 amide bonds. The summed E-state index contributed by atoms with van der Waals surface area (Å²) in [5.74, 6) is 0.608. The van der Waals surface area contributed by atoms with E-state index in [4.69, 9.17) is 11.6 Å². The van der Waals surface area contributed by atoms with Crippen LogP contribution in [-0.2, 0) is 4.79 Å². The van der Waals surface area contributed by atoms with E-state index >= 15 is 0 Å². The Hall–Kier alpha value is -3.71. The number of nitrogens with zero attached hydrogens (tertiary/aromatic N) is 4. The number of aromatic amines is 1. The fourth-order valence-electron chi connectivity index (χ4n) is 4.50. The van der Waals surface area contributed by atoms with Gasteiger partial charge in [0.25, 0.3) is 0 Å². The number of benzene rings is 3. The van der Waals surface area contributed by atoms with Crippen molar-refractivity contribution in [3.05, 3.63) is 77.3 Å². The predicted molar refractivity (Wildman–Crippen MR) is 130 cm³/mol. The molecule has 1 aliphatic heterocycles. The quantitative estimate of drug-likeness (QED) is 0.422. The van der Waals surface area contributed by atoms with E-state index in [1.165, 1.54) is 0 Å². The van der Waals surface area contributed by atoms with Gasteiger partial charge in [-0.25, -0.2) is 0 Å². The largest absolute Gasteiger partial charge is 0.378 e. The molecule has 0 radical (unpaired) electrons. The minimum atomic E-state index is 0.0471. The zero-order chi connectivity index (χ0) is 22.9. The number of anilines is 2. The lowest BCUT2D eigenvalue weighted by molar-refractivity contribution is -0.117. The number of carbonyl (C=O) groups is 1. The van der Waals surface area contributed by atoms with Gasteiger partial charge in [-0.2, -0.15) is 5.21 Å². The second-order valence-electron chi connectivity index (χ2n) is 8.26. The van der Waals surface area contributed by atoms with Crippen molar-refractivity contribution in [2.45, 2.75) is 32.4 Å². The summed E-state index contributed by atoms with van der Waals surface area (Å²) in [6, 6.07) is 22.2. The van der Waals surface area contributed by atoms with Crippen molar-refractivity contribution in [1.82, 2.24) is 20.6 Å². The first-order chi connectivity index (χ1) is 16.0. The van der Waals surface area contributed by atoms with Crippen LogP contribution in [0.4, 0.5) is 11.4 Å². The van der Waals surface area contributed by atoms with Gasteiger partial charge >= 0.3 is 0 Å². The van der Waals surface area contributed by atoms with Crippen LogP contribution in [0, 0.1) is 0 Å². The van der Waals surface area contributed by atoms with Crippen LogP contribution in [0.5, 0.6) is 0 Å². The number of carbonyl (C=O) groups excluding carboxylic acids is 1. The Morgan fingerprint density at radius 1 is 1.03 bits per heavy atom. The average molecular weight is 459 g/mol. The van der Waals surface area contributed by atoms with E-state index in [2.05, 4.69) is 45.0 Å². The SMILES string of the molecule is CC(=O)N1c2ccc(-c3ccc(-c4nn[nH]n4)cc3)cc2C(Nc2ccc(Cl)cc2)CC1C. The van der Waals surface area contributed by atoms with Gasteiger partial charge in [-0.15, -0.1) is 10.2 Å². The Labute approximate surface area is 196 Å². The van der Waals surface area contributed by atoms with E-state index in [1.54, 1.807) is 6.92 Å². The van der Waals surface area contributed by atoms with E-state index in [0.717, 1.165) is 40.0 Å². The summed E-state index contributed by atoms with van der Waals surface area (Å²) >= 11 is 6.06. The van der Waals surface area contributed by atoms with Gasteiger partial charge in [0.1, 0.15) is 0 Å². The Kier molecular flexibility index (Phi) is 5.56. The summed E-state index contributed by atoms with van der Waals surface area (Å²) in [7, 11) is 0. The summed E-state index contributed by atoms with van der Waals surface area (Å²) < 4.78 is 0. The van der Waals surface area contributed by atoms with E-state index in [1.807, 2.05) is 59.5 Å². The summed E-state index contributed by atoms with van der Waals surface area (Å²) in [6.45, 7) is 3.71. The summed E-state index contributed by atoms with van der Waals surface area (Å²) in [4.78, 5) is 14.3. The van der Waals surface area contributed by atoms with Crippen LogP contribution < -0.4 is 10.2 Å². The summed E-state index contributed by atoms with van der Waals surface area (Å²) in [5.41, 5.74) is 6.08.